The molecule has 2 aliphatic rings. The number of fused-ring (bicyclic) bond motifs is 1. The fourth-order valence-corrected chi connectivity index (χ4v) is 2.66. The van der Waals surface area contributed by atoms with Crippen molar-refractivity contribution in [1.29, 1.82) is 0 Å². The molecule has 1 N–H and O–H groups in total. The van der Waals surface area contributed by atoms with Crippen LogP contribution in [0.25, 0.3) is 0 Å². The molecule has 2 amide bonds. The SMILES string of the molecule is O=C1c2ccccc2C(=O)N1[C@@H]1CC/C(=N\O)C1. The maximum atomic E-state index is 12.2. The maximum absolute atomic E-state index is 12.2. The molecule has 1 aromatic carbocycles. The molecule has 0 spiro atoms. The Morgan fingerprint density at radius 1 is 1.17 bits per heavy atom. The van der Waals surface area contributed by atoms with Gasteiger partial charge in [0.15, 0.2) is 0 Å². The van der Waals surface area contributed by atoms with Gasteiger partial charge in [0.25, 0.3) is 11.8 Å². The highest BCUT2D eigenvalue weighted by Crippen LogP contribution is 2.30. The van der Waals surface area contributed by atoms with E-state index in [1.54, 1.807) is 24.3 Å². The summed E-state index contributed by atoms with van der Waals surface area (Å²) in [7, 11) is 0. The van der Waals surface area contributed by atoms with Crippen molar-refractivity contribution in [1.82, 2.24) is 4.90 Å². The van der Waals surface area contributed by atoms with Crippen LogP contribution in [0.5, 0.6) is 0 Å². The van der Waals surface area contributed by atoms with Crippen LogP contribution in [0.4, 0.5) is 0 Å². The minimum atomic E-state index is -0.236. The minimum absolute atomic E-state index is 0.178. The standard InChI is InChI=1S/C13H12N2O3/c16-12-10-3-1-2-4-11(10)13(17)15(12)9-6-5-8(7-9)14-18/h1-4,9,18H,5-7H2/b14-8+/t9-/m1/s1. The average molecular weight is 244 g/mol. The van der Waals surface area contributed by atoms with E-state index in [1.165, 1.54) is 4.90 Å². The number of amides is 2. The second-order valence-electron chi connectivity index (χ2n) is 4.59. The number of benzene rings is 1. The first-order chi connectivity index (χ1) is 8.72. The van der Waals surface area contributed by atoms with E-state index in [9.17, 15) is 9.59 Å². The first-order valence-corrected chi connectivity index (χ1v) is 5.89. The zero-order chi connectivity index (χ0) is 12.7. The third-order valence-electron chi connectivity index (χ3n) is 3.57. The van der Waals surface area contributed by atoms with Gasteiger partial charge in [-0.25, -0.2) is 0 Å². The van der Waals surface area contributed by atoms with Crippen LogP contribution in [0.15, 0.2) is 29.4 Å². The zero-order valence-corrected chi connectivity index (χ0v) is 9.67. The molecule has 1 aliphatic carbocycles. The molecule has 1 atom stereocenters. The Labute approximate surface area is 104 Å². The summed E-state index contributed by atoms with van der Waals surface area (Å²) in [6, 6.07) is 6.67. The van der Waals surface area contributed by atoms with E-state index in [0.29, 0.717) is 36.1 Å². The van der Waals surface area contributed by atoms with Gasteiger partial charge in [0.05, 0.1) is 16.8 Å². The normalized spacial score (nSPS) is 25.0. The Balaban J connectivity index is 1.93. The van der Waals surface area contributed by atoms with Gasteiger partial charge in [0.2, 0.25) is 0 Å². The van der Waals surface area contributed by atoms with Crippen LogP contribution in [-0.2, 0) is 0 Å². The molecule has 1 aliphatic heterocycles. The van der Waals surface area contributed by atoms with Crippen LogP contribution >= 0.6 is 0 Å². The Morgan fingerprint density at radius 2 is 1.78 bits per heavy atom. The molecule has 1 saturated carbocycles. The van der Waals surface area contributed by atoms with E-state index in [0.717, 1.165) is 0 Å². The third-order valence-corrected chi connectivity index (χ3v) is 3.57. The quantitative estimate of drug-likeness (QED) is 0.464. The number of hydrogen-bond acceptors (Lipinski definition) is 4. The molecule has 1 heterocycles. The molecular formula is C13H12N2O3. The highest BCUT2D eigenvalue weighted by atomic mass is 16.4. The number of nitrogens with zero attached hydrogens (tertiary/aromatic N) is 2. The van der Waals surface area contributed by atoms with Gasteiger partial charge in [-0.1, -0.05) is 17.3 Å². The summed E-state index contributed by atoms with van der Waals surface area (Å²) in [5, 5.41) is 11.9. The van der Waals surface area contributed by atoms with Crippen molar-refractivity contribution >= 4 is 17.5 Å². The zero-order valence-electron chi connectivity index (χ0n) is 9.67. The van der Waals surface area contributed by atoms with Crippen molar-refractivity contribution in [2.45, 2.75) is 25.3 Å². The lowest BCUT2D eigenvalue weighted by molar-refractivity contribution is 0.0591. The summed E-state index contributed by atoms with van der Waals surface area (Å²) in [6.07, 6.45) is 1.78. The van der Waals surface area contributed by atoms with Crippen molar-refractivity contribution in [3.05, 3.63) is 35.4 Å². The van der Waals surface area contributed by atoms with Crippen molar-refractivity contribution in [3.8, 4) is 0 Å². The Bertz CT molecular complexity index is 530. The number of hydrogen-bond donors (Lipinski definition) is 1. The van der Waals surface area contributed by atoms with Gasteiger partial charge in [-0.3, -0.25) is 14.5 Å². The first-order valence-electron chi connectivity index (χ1n) is 5.89. The Morgan fingerprint density at radius 3 is 2.28 bits per heavy atom. The van der Waals surface area contributed by atoms with Crippen LogP contribution in [0.3, 0.4) is 0 Å². The van der Waals surface area contributed by atoms with E-state index in [4.69, 9.17) is 5.21 Å². The van der Waals surface area contributed by atoms with Crippen molar-refractivity contribution < 1.29 is 14.8 Å². The highest BCUT2D eigenvalue weighted by Gasteiger charge is 2.41. The number of oxime groups is 1. The Hall–Kier alpha value is -2.17. The molecule has 1 aromatic rings. The van der Waals surface area contributed by atoms with Crippen LogP contribution in [-0.4, -0.2) is 33.7 Å². The molecule has 5 heteroatoms. The van der Waals surface area contributed by atoms with E-state index < -0.39 is 0 Å². The summed E-state index contributed by atoms with van der Waals surface area (Å²) in [5.41, 5.74) is 1.59. The van der Waals surface area contributed by atoms with Gasteiger partial charge in [-0.05, 0) is 25.0 Å². The monoisotopic (exact) mass is 244 g/mol. The maximum Gasteiger partial charge on any atom is 0.261 e. The Kier molecular flexibility index (Phi) is 2.40. The van der Waals surface area contributed by atoms with Crippen LogP contribution in [0.2, 0.25) is 0 Å². The molecule has 5 nitrogen and oxygen atoms in total. The molecule has 1 fully saturated rings. The molecule has 0 saturated heterocycles. The minimum Gasteiger partial charge on any atom is -0.411 e. The number of carbonyl (C=O) groups is 2. The molecule has 0 bridgehead atoms. The van der Waals surface area contributed by atoms with Crippen LogP contribution in [0.1, 0.15) is 40.0 Å². The van der Waals surface area contributed by atoms with Gasteiger partial charge >= 0.3 is 0 Å². The van der Waals surface area contributed by atoms with Crippen molar-refractivity contribution in [2.24, 2.45) is 5.16 Å². The highest BCUT2D eigenvalue weighted by molar-refractivity contribution is 6.21. The summed E-state index contributed by atoms with van der Waals surface area (Å²) >= 11 is 0. The lowest BCUT2D eigenvalue weighted by Crippen LogP contribution is -2.38. The molecule has 18 heavy (non-hydrogen) atoms. The predicted molar refractivity (Wildman–Crippen MR) is 63.8 cm³/mol. The molecule has 0 aromatic heterocycles. The summed E-state index contributed by atoms with van der Waals surface area (Å²) in [5.74, 6) is -0.473. The lowest BCUT2D eigenvalue weighted by Gasteiger charge is -2.20. The number of carbonyl (C=O) groups excluding carboxylic acids is 2. The van der Waals surface area contributed by atoms with Crippen molar-refractivity contribution in [2.75, 3.05) is 0 Å². The third kappa shape index (κ3) is 1.44. The van der Waals surface area contributed by atoms with Crippen molar-refractivity contribution in [3.63, 3.8) is 0 Å². The van der Waals surface area contributed by atoms with E-state index >= 15 is 0 Å². The van der Waals surface area contributed by atoms with Gasteiger partial charge in [-0.15, -0.1) is 0 Å². The van der Waals surface area contributed by atoms with Crippen LogP contribution in [0, 0.1) is 0 Å². The summed E-state index contributed by atoms with van der Waals surface area (Å²) < 4.78 is 0. The predicted octanol–water partition coefficient (Wildman–Crippen LogP) is 1.67. The van der Waals surface area contributed by atoms with Gasteiger partial charge in [0.1, 0.15) is 0 Å². The van der Waals surface area contributed by atoms with Gasteiger partial charge < -0.3 is 5.21 Å². The second-order valence-corrected chi connectivity index (χ2v) is 4.59. The van der Waals surface area contributed by atoms with Crippen LogP contribution < -0.4 is 0 Å². The molecule has 0 radical (unpaired) electrons. The fraction of sp³-hybridized carbons (Fsp3) is 0.308. The van der Waals surface area contributed by atoms with E-state index in [2.05, 4.69) is 5.16 Å². The smallest absolute Gasteiger partial charge is 0.261 e. The average Bonchev–Trinajstić information content (AvgIpc) is 2.95. The largest absolute Gasteiger partial charge is 0.411 e. The number of imide groups is 1. The van der Waals surface area contributed by atoms with E-state index in [-0.39, 0.29) is 17.9 Å². The molecule has 0 unspecified atom stereocenters. The number of rotatable bonds is 1. The summed E-state index contributed by atoms with van der Waals surface area (Å²) in [4.78, 5) is 25.7. The molecule has 3 rings (SSSR count). The molecule has 92 valence electrons. The topological polar surface area (TPSA) is 70.0 Å². The van der Waals surface area contributed by atoms with Gasteiger partial charge in [0, 0.05) is 12.5 Å². The molecular weight excluding hydrogens is 232 g/mol. The first kappa shape index (κ1) is 11.0. The second kappa shape index (κ2) is 3.94. The fourth-order valence-electron chi connectivity index (χ4n) is 2.66. The summed E-state index contributed by atoms with van der Waals surface area (Å²) in [6.45, 7) is 0. The lowest BCUT2D eigenvalue weighted by atomic mass is 10.1. The van der Waals surface area contributed by atoms with Gasteiger partial charge in [-0.2, -0.15) is 0 Å². The van der Waals surface area contributed by atoms with E-state index in [1.807, 2.05) is 0 Å².